The van der Waals surface area contributed by atoms with E-state index in [0.29, 0.717) is 41.0 Å². The Balaban J connectivity index is 2.18. The second kappa shape index (κ2) is 8.08. The van der Waals surface area contributed by atoms with Crippen LogP contribution in [0.25, 0.3) is 11.1 Å². The summed E-state index contributed by atoms with van der Waals surface area (Å²) in [6.07, 6.45) is 1.37. The van der Waals surface area contributed by atoms with Crippen molar-refractivity contribution < 1.29 is 18.0 Å². The second-order valence-electron chi connectivity index (χ2n) is 7.29. The van der Waals surface area contributed by atoms with Gasteiger partial charge in [-0.25, -0.2) is 13.1 Å². The Hall–Kier alpha value is -2.52. The van der Waals surface area contributed by atoms with Crippen LogP contribution in [-0.4, -0.2) is 36.1 Å². The summed E-state index contributed by atoms with van der Waals surface area (Å²) in [5.41, 5.74) is 2.41. The molecule has 2 heterocycles. The fourth-order valence-corrected chi connectivity index (χ4v) is 4.89. The summed E-state index contributed by atoms with van der Waals surface area (Å²) < 4.78 is 29.7. The van der Waals surface area contributed by atoms with Crippen LogP contribution in [0.3, 0.4) is 0 Å². The molecular formula is C20H26N4O4S. The van der Waals surface area contributed by atoms with Crippen LogP contribution in [0.4, 0.5) is 5.82 Å². The minimum Gasteiger partial charge on any atom is -0.310 e. The molecular weight excluding hydrogens is 392 g/mol. The van der Waals surface area contributed by atoms with E-state index in [2.05, 4.69) is 15.1 Å². The van der Waals surface area contributed by atoms with E-state index in [4.69, 9.17) is 0 Å². The van der Waals surface area contributed by atoms with Gasteiger partial charge in [0.05, 0.1) is 10.6 Å². The van der Waals surface area contributed by atoms with E-state index >= 15 is 0 Å². The number of rotatable bonds is 6. The zero-order chi connectivity index (χ0) is 21.3. The van der Waals surface area contributed by atoms with Gasteiger partial charge in [0.1, 0.15) is 5.82 Å². The molecule has 1 aliphatic rings. The van der Waals surface area contributed by atoms with Crippen molar-refractivity contribution in [3.05, 3.63) is 29.5 Å². The first-order chi connectivity index (χ1) is 13.7. The molecule has 8 nitrogen and oxygen atoms in total. The molecule has 2 N–H and O–H groups in total. The molecule has 0 saturated heterocycles. The molecule has 0 bridgehead atoms. The molecule has 3 rings (SSSR count). The molecule has 9 heteroatoms. The highest BCUT2D eigenvalue weighted by molar-refractivity contribution is 7.89. The molecule has 0 fully saturated rings. The number of aryl methyl sites for hydroxylation is 2. The predicted molar refractivity (Wildman–Crippen MR) is 110 cm³/mol. The SMILES string of the molecule is CCc1nn2c(c1-c1ccc(C)c(S(=O)(=O)NC(C)CC)c1)NC(=O)CCC2=O. The first-order valence-corrected chi connectivity index (χ1v) is 11.2. The average molecular weight is 419 g/mol. The number of aromatic nitrogens is 2. The standard InChI is InChI=1S/C20H26N4O4S/c1-5-13(4)23-29(27,28)16-11-14(8-7-12(16)3)19-15(6-2)22-24-18(26)10-9-17(25)21-20(19)24/h7-8,11,13,23H,5-6,9-10H2,1-4H3,(H,21,25). The van der Waals surface area contributed by atoms with Crippen LogP contribution < -0.4 is 10.0 Å². The van der Waals surface area contributed by atoms with Gasteiger partial charge in [-0.1, -0.05) is 26.0 Å². The highest BCUT2D eigenvalue weighted by atomic mass is 32.2. The van der Waals surface area contributed by atoms with E-state index in [0.717, 1.165) is 0 Å². The van der Waals surface area contributed by atoms with Crippen molar-refractivity contribution in [2.24, 2.45) is 0 Å². The lowest BCUT2D eigenvalue weighted by Crippen LogP contribution is -2.32. The van der Waals surface area contributed by atoms with Gasteiger partial charge in [-0.15, -0.1) is 0 Å². The van der Waals surface area contributed by atoms with Crippen LogP contribution in [-0.2, 0) is 21.2 Å². The largest absolute Gasteiger partial charge is 0.310 e. The van der Waals surface area contributed by atoms with Crippen molar-refractivity contribution in [3.63, 3.8) is 0 Å². The second-order valence-corrected chi connectivity index (χ2v) is 8.97. The minimum absolute atomic E-state index is 0.0788. The lowest BCUT2D eigenvalue weighted by molar-refractivity contribution is -0.116. The van der Waals surface area contributed by atoms with Crippen molar-refractivity contribution in [1.82, 2.24) is 14.5 Å². The molecule has 1 amide bonds. The molecule has 0 spiro atoms. The third-order valence-electron chi connectivity index (χ3n) is 5.09. The van der Waals surface area contributed by atoms with Crippen molar-refractivity contribution in [1.29, 1.82) is 0 Å². The summed E-state index contributed by atoms with van der Waals surface area (Å²) in [6, 6.07) is 4.90. The molecule has 0 radical (unpaired) electrons. The van der Waals surface area contributed by atoms with E-state index in [9.17, 15) is 18.0 Å². The number of benzene rings is 1. The number of carbonyl (C=O) groups is 2. The van der Waals surface area contributed by atoms with Crippen LogP contribution in [0.15, 0.2) is 23.1 Å². The van der Waals surface area contributed by atoms with Crippen LogP contribution >= 0.6 is 0 Å². The Labute approximate surface area is 170 Å². The maximum atomic E-state index is 12.9. The maximum absolute atomic E-state index is 12.9. The summed E-state index contributed by atoms with van der Waals surface area (Å²) in [7, 11) is -3.72. The lowest BCUT2D eigenvalue weighted by Gasteiger charge is -2.15. The number of carbonyl (C=O) groups excluding carboxylic acids is 2. The first-order valence-electron chi connectivity index (χ1n) is 9.76. The van der Waals surface area contributed by atoms with Crippen LogP contribution in [0.2, 0.25) is 0 Å². The minimum atomic E-state index is -3.72. The van der Waals surface area contributed by atoms with Gasteiger partial charge in [0.15, 0.2) is 0 Å². The fourth-order valence-electron chi connectivity index (χ4n) is 3.29. The summed E-state index contributed by atoms with van der Waals surface area (Å²) in [5, 5.41) is 7.15. The zero-order valence-corrected chi connectivity index (χ0v) is 17.9. The van der Waals surface area contributed by atoms with Gasteiger partial charge in [0, 0.05) is 24.4 Å². The number of nitrogens with zero attached hydrogens (tertiary/aromatic N) is 2. The molecule has 0 aliphatic carbocycles. The van der Waals surface area contributed by atoms with Gasteiger partial charge in [-0.05, 0) is 43.9 Å². The van der Waals surface area contributed by atoms with Crippen LogP contribution in [0, 0.1) is 6.92 Å². The normalized spacial score (nSPS) is 15.6. The molecule has 1 aliphatic heterocycles. The number of amides is 1. The Morgan fingerprint density at radius 3 is 2.62 bits per heavy atom. The lowest BCUT2D eigenvalue weighted by atomic mass is 10.0. The highest BCUT2D eigenvalue weighted by Gasteiger charge is 2.28. The molecule has 0 saturated carbocycles. The Bertz CT molecular complexity index is 1070. The van der Waals surface area contributed by atoms with Crippen molar-refractivity contribution in [2.75, 3.05) is 5.32 Å². The summed E-state index contributed by atoms with van der Waals surface area (Å²) in [6.45, 7) is 7.35. The van der Waals surface area contributed by atoms with Crippen LogP contribution in [0.5, 0.6) is 0 Å². The number of hydrogen-bond acceptors (Lipinski definition) is 5. The van der Waals surface area contributed by atoms with Gasteiger partial charge >= 0.3 is 0 Å². The van der Waals surface area contributed by atoms with Crippen molar-refractivity contribution >= 4 is 27.7 Å². The van der Waals surface area contributed by atoms with Gasteiger partial charge in [-0.3, -0.25) is 9.59 Å². The average Bonchev–Trinajstić information content (AvgIpc) is 2.97. The summed E-state index contributed by atoms with van der Waals surface area (Å²) >= 11 is 0. The zero-order valence-electron chi connectivity index (χ0n) is 17.1. The van der Waals surface area contributed by atoms with Gasteiger partial charge in [0.25, 0.3) is 0 Å². The Morgan fingerprint density at radius 1 is 1.24 bits per heavy atom. The third-order valence-corrected chi connectivity index (χ3v) is 6.82. The smallest absolute Gasteiger partial charge is 0.249 e. The molecule has 29 heavy (non-hydrogen) atoms. The number of nitrogens with one attached hydrogen (secondary N) is 2. The molecule has 2 aromatic rings. The topological polar surface area (TPSA) is 110 Å². The number of fused-ring (bicyclic) bond motifs is 1. The van der Waals surface area contributed by atoms with Gasteiger partial charge in [-0.2, -0.15) is 9.78 Å². The monoisotopic (exact) mass is 418 g/mol. The van der Waals surface area contributed by atoms with E-state index < -0.39 is 10.0 Å². The molecule has 1 atom stereocenters. The molecule has 1 aromatic heterocycles. The van der Waals surface area contributed by atoms with Crippen molar-refractivity contribution in [2.45, 2.75) is 64.3 Å². The van der Waals surface area contributed by atoms with E-state index in [1.165, 1.54) is 4.68 Å². The highest BCUT2D eigenvalue weighted by Crippen LogP contribution is 2.35. The van der Waals surface area contributed by atoms with E-state index in [1.54, 1.807) is 25.1 Å². The number of anilines is 1. The molecule has 1 aromatic carbocycles. The third kappa shape index (κ3) is 4.11. The Morgan fingerprint density at radius 2 is 1.97 bits per heavy atom. The van der Waals surface area contributed by atoms with E-state index in [1.807, 2.05) is 20.8 Å². The van der Waals surface area contributed by atoms with Crippen molar-refractivity contribution in [3.8, 4) is 11.1 Å². The quantitative estimate of drug-likeness (QED) is 0.749. The van der Waals surface area contributed by atoms with E-state index in [-0.39, 0.29) is 35.6 Å². The van der Waals surface area contributed by atoms with Gasteiger partial charge in [0.2, 0.25) is 21.8 Å². The maximum Gasteiger partial charge on any atom is 0.249 e. The van der Waals surface area contributed by atoms with Gasteiger partial charge < -0.3 is 5.32 Å². The molecule has 1 unspecified atom stereocenters. The predicted octanol–water partition coefficient (Wildman–Crippen LogP) is 2.87. The number of sulfonamides is 1. The Kier molecular flexibility index (Phi) is 5.90. The molecule has 156 valence electrons. The summed E-state index contributed by atoms with van der Waals surface area (Å²) in [5.74, 6) is -0.228. The summed E-state index contributed by atoms with van der Waals surface area (Å²) in [4.78, 5) is 24.7. The first kappa shape index (κ1) is 21.2. The number of hydrogen-bond donors (Lipinski definition) is 2. The fraction of sp³-hybridized carbons (Fsp3) is 0.450. The van der Waals surface area contributed by atoms with Crippen LogP contribution in [0.1, 0.15) is 56.1 Å².